The van der Waals surface area contributed by atoms with Crippen LogP contribution in [0.4, 0.5) is 0 Å². The molecular weight excluding hydrogens is 452 g/mol. The van der Waals surface area contributed by atoms with E-state index in [0.29, 0.717) is 6.54 Å². The summed E-state index contributed by atoms with van der Waals surface area (Å²) in [4.78, 5) is 12.6. The summed E-state index contributed by atoms with van der Waals surface area (Å²) in [7, 11) is 0. The molecule has 5 rings (SSSR count). The van der Waals surface area contributed by atoms with E-state index in [4.69, 9.17) is 10.2 Å². The van der Waals surface area contributed by atoms with E-state index in [0.717, 1.165) is 66.0 Å². The molecule has 1 N–H and O–H groups in total. The highest BCUT2D eigenvalue weighted by molar-refractivity contribution is 5.90. The van der Waals surface area contributed by atoms with E-state index >= 15 is 0 Å². The molecule has 4 heterocycles. The molecule has 0 saturated carbocycles. The second-order valence-electron chi connectivity index (χ2n) is 8.97. The summed E-state index contributed by atoms with van der Waals surface area (Å²) in [5, 5.41) is 23.5. The summed E-state index contributed by atoms with van der Waals surface area (Å²) in [5.41, 5.74) is 4.48. The molecular formula is C27H30N8O. The van der Waals surface area contributed by atoms with Crippen LogP contribution in [-0.4, -0.2) is 40.0 Å². The van der Waals surface area contributed by atoms with Gasteiger partial charge in [-0.3, -0.25) is 4.79 Å². The summed E-state index contributed by atoms with van der Waals surface area (Å²) in [6, 6.07) is 19.5. The van der Waals surface area contributed by atoms with Crippen LogP contribution in [0.15, 0.2) is 71.7 Å². The number of aromatic nitrogens is 8. The first-order chi connectivity index (χ1) is 17.8. The summed E-state index contributed by atoms with van der Waals surface area (Å²) in [6.45, 7) is 0.616. The van der Waals surface area contributed by atoms with Gasteiger partial charge in [0.2, 0.25) is 0 Å². The average molecular weight is 483 g/mol. The molecule has 5 aromatic rings. The predicted octanol–water partition coefficient (Wildman–Crippen LogP) is 4.71. The van der Waals surface area contributed by atoms with Gasteiger partial charge in [-0.2, -0.15) is 10.2 Å². The number of fused-ring (bicyclic) bond motifs is 1. The minimum atomic E-state index is -0.0709. The van der Waals surface area contributed by atoms with Crippen molar-refractivity contribution in [3.05, 3.63) is 83.0 Å². The van der Waals surface area contributed by atoms with Gasteiger partial charge in [0, 0.05) is 30.8 Å². The number of aromatic amines is 1. The maximum Gasteiger partial charge on any atom is 0.266 e. The molecule has 0 atom stereocenters. The highest BCUT2D eigenvalue weighted by Crippen LogP contribution is 2.33. The van der Waals surface area contributed by atoms with Crippen molar-refractivity contribution in [3.8, 4) is 22.5 Å². The molecule has 0 spiro atoms. The topological polar surface area (TPSA) is 107 Å². The maximum atomic E-state index is 12.6. The molecule has 1 aromatic carbocycles. The molecule has 0 aliphatic rings. The number of hydrogen-bond acceptors (Lipinski definition) is 6. The summed E-state index contributed by atoms with van der Waals surface area (Å²) in [6.07, 6.45) is 10.7. The van der Waals surface area contributed by atoms with Crippen LogP contribution in [0.3, 0.4) is 0 Å². The monoisotopic (exact) mass is 482 g/mol. The largest absolute Gasteiger partial charge is 0.268 e. The molecule has 9 heteroatoms. The highest BCUT2D eigenvalue weighted by Gasteiger charge is 2.18. The van der Waals surface area contributed by atoms with Gasteiger partial charge in [0.1, 0.15) is 11.5 Å². The van der Waals surface area contributed by atoms with Gasteiger partial charge in [-0.25, -0.2) is 14.3 Å². The molecule has 0 aliphatic heterocycles. The lowest BCUT2D eigenvalue weighted by atomic mass is 10.0. The average Bonchev–Trinajstić information content (AvgIpc) is 3.57. The first kappa shape index (κ1) is 23.6. The fraction of sp³-hybridized carbons (Fsp3) is 0.333. The van der Waals surface area contributed by atoms with Crippen LogP contribution in [0.1, 0.15) is 50.8 Å². The van der Waals surface area contributed by atoms with Crippen LogP contribution in [0.5, 0.6) is 0 Å². The smallest absolute Gasteiger partial charge is 0.266 e. The molecule has 4 aromatic heterocycles. The number of benzene rings is 1. The van der Waals surface area contributed by atoms with Crippen molar-refractivity contribution in [1.82, 2.24) is 40.0 Å². The molecule has 0 radical (unpaired) electrons. The van der Waals surface area contributed by atoms with Gasteiger partial charge in [-0.1, -0.05) is 68.5 Å². The second kappa shape index (κ2) is 11.5. The van der Waals surface area contributed by atoms with Crippen LogP contribution in [0.25, 0.3) is 28.0 Å². The Morgan fingerprint density at radius 2 is 1.56 bits per heavy atom. The summed E-state index contributed by atoms with van der Waals surface area (Å²) in [5.74, 6) is 0.857. The minimum Gasteiger partial charge on any atom is -0.268 e. The van der Waals surface area contributed by atoms with Crippen molar-refractivity contribution >= 4 is 5.52 Å². The normalized spacial score (nSPS) is 11.3. The van der Waals surface area contributed by atoms with Crippen LogP contribution in [-0.2, 0) is 13.0 Å². The van der Waals surface area contributed by atoms with Gasteiger partial charge in [0.15, 0.2) is 0 Å². The Morgan fingerprint density at radius 3 is 2.36 bits per heavy atom. The van der Waals surface area contributed by atoms with Gasteiger partial charge in [-0.15, -0.1) is 5.10 Å². The van der Waals surface area contributed by atoms with E-state index in [1.54, 1.807) is 10.7 Å². The fourth-order valence-electron chi connectivity index (χ4n) is 4.51. The number of tetrazole rings is 1. The summed E-state index contributed by atoms with van der Waals surface area (Å²) >= 11 is 0. The van der Waals surface area contributed by atoms with E-state index < -0.39 is 0 Å². The lowest BCUT2D eigenvalue weighted by molar-refractivity contribution is 0.506. The zero-order valence-corrected chi connectivity index (χ0v) is 20.3. The van der Waals surface area contributed by atoms with Crippen LogP contribution in [0.2, 0.25) is 0 Å². The first-order valence-corrected chi connectivity index (χ1v) is 12.6. The molecule has 36 heavy (non-hydrogen) atoms. The number of pyridine rings is 1. The maximum absolute atomic E-state index is 12.6. The van der Waals surface area contributed by atoms with Crippen molar-refractivity contribution in [2.45, 2.75) is 57.9 Å². The Hall–Kier alpha value is -4.14. The number of nitrogens with one attached hydrogen (secondary N) is 1. The zero-order chi connectivity index (χ0) is 24.6. The number of nitrogens with zero attached hydrogens (tertiary/aromatic N) is 7. The third kappa shape index (κ3) is 5.56. The molecule has 0 unspecified atom stereocenters. The Morgan fingerprint density at radius 1 is 0.778 bits per heavy atom. The van der Waals surface area contributed by atoms with E-state index in [1.807, 2.05) is 65.3 Å². The highest BCUT2D eigenvalue weighted by atomic mass is 16.1. The van der Waals surface area contributed by atoms with Gasteiger partial charge < -0.3 is 0 Å². The molecule has 0 saturated heterocycles. The quantitative estimate of drug-likeness (QED) is 0.258. The SMILES string of the molecule is O=c1ccc(-c2c(-c3ccccc3)nn3ccccc23)nn1CCCCCCCCCc1nnn[nH]1. The fourth-order valence-corrected chi connectivity index (χ4v) is 4.51. The van der Waals surface area contributed by atoms with Crippen molar-refractivity contribution in [1.29, 1.82) is 0 Å². The molecule has 0 fully saturated rings. The molecule has 9 nitrogen and oxygen atoms in total. The van der Waals surface area contributed by atoms with Crippen LogP contribution >= 0.6 is 0 Å². The Bertz CT molecular complexity index is 1440. The predicted molar refractivity (Wildman–Crippen MR) is 138 cm³/mol. The molecule has 0 bridgehead atoms. The number of hydrogen-bond donors (Lipinski definition) is 1. The third-order valence-electron chi connectivity index (χ3n) is 6.38. The molecule has 0 amide bonds. The van der Waals surface area contributed by atoms with Crippen molar-refractivity contribution in [2.24, 2.45) is 0 Å². The Kier molecular flexibility index (Phi) is 7.55. The number of H-pyrrole nitrogens is 1. The lowest BCUT2D eigenvalue weighted by Crippen LogP contribution is -2.22. The van der Waals surface area contributed by atoms with Crippen molar-refractivity contribution in [2.75, 3.05) is 0 Å². The second-order valence-corrected chi connectivity index (χ2v) is 8.97. The number of unbranched alkanes of at least 4 members (excludes halogenated alkanes) is 6. The first-order valence-electron chi connectivity index (χ1n) is 12.6. The lowest BCUT2D eigenvalue weighted by Gasteiger charge is -2.08. The van der Waals surface area contributed by atoms with E-state index in [2.05, 4.69) is 20.6 Å². The van der Waals surface area contributed by atoms with Crippen molar-refractivity contribution < 1.29 is 0 Å². The van der Waals surface area contributed by atoms with Crippen molar-refractivity contribution in [3.63, 3.8) is 0 Å². The standard InChI is InChI=1S/C27H30N8O/c36-25-18-17-22(26-23-15-10-12-19-34(23)31-27(26)21-13-7-6-8-14-21)30-35(25)20-11-5-3-1-2-4-9-16-24-28-32-33-29-24/h6-8,10,12-15,17-19H,1-5,9,11,16,20H2,(H,28,29,32,33). The Balaban J connectivity index is 1.21. The Labute approximate surface area is 209 Å². The van der Waals surface area contributed by atoms with Crippen LogP contribution < -0.4 is 5.56 Å². The molecule has 184 valence electrons. The minimum absolute atomic E-state index is 0.0709. The number of rotatable bonds is 12. The summed E-state index contributed by atoms with van der Waals surface area (Å²) < 4.78 is 3.47. The van der Waals surface area contributed by atoms with E-state index in [9.17, 15) is 4.79 Å². The van der Waals surface area contributed by atoms with Gasteiger partial charge >= 0.3 is 0 Å². The van der Waals surface area contributed by atoms with Crippen LogP contribution in [0, 0.1) is 0 Å². The van der Waals surface area contributed by atoms with E-state index in [-0.39, 0.29) is 5.56 Å². The number of aryl methyl sites for hydroxylation is 2. The van der Waals surface area contributed by atoms with Gasteiger partial charge in [-0.05, 0) is 41.5 Å². The zero-order valence-electron chi connectivity index (χ0n) is 20.3. The van der Waals surface area contributed by atoms with Gasteiger partial charge in [0.05, 0.1) is 16.8 Å². The third-order valence-corrected chi connectivity index (χ3v) is 6.38. The van der Waals surface area contributed by atoms with E-state index in [1.165, 1.54) is 19.3 Å². The molecule has 0 aliphatic carbocycles. The van der Waals surface area contributed by atoms with Gasteiger partial charge in [0.25, 0.3) is 5.56 Å².